The molecule has 3 heteroatoms. The largest absolute Gasteiger partial charge is 0.384 e. The highest BCUT2D eigenvalue weighted by Crippen LogP contribution is 2.32. The van der Waals surface area contributed by atoms with Crippen LogP contribution in [0, 0.1) is 12.3 Å². The van der Waals surface area contributed by atoms with Crippen molar-refractivity contribution in [1.82, 2.24) is 0 Å². The molecule has 0 heterocycles. The van der Waals surface area contributed by atoms with E-state index in [9.17, 15) is 0 Å². The predicted octanol–water partition coefficient (Wildman–Crippen LogP) is 3.43. The van der Waals surface area contributed by atoms with E-state index in [0.717, 1.165) is 10.5 Å². The Balaban J connectivity index is 2.37. The molecule has 2 aromatic rings. The van der Waals surface area contributed by atoms with Gasteiger partial charge in [-0.15, -0.1) is 0 Å². The molecule has 2 rings (SSSR count). The van der Waals surface area contributed by atoms with Crippen LogP contribution in [-0.4, -0.2) is 5.84 Å². The van der Waals surface area contributed by atoms with E-state index in [4.69, 9.17) is 11.1 Å². The summed E-state index contributed by atoms with van der Waals surface area (Å²) in [6.45, 7) is 2.08. The van der Waals surface area contributed by atoms with Gasteiger partial charge in [-0.1, -0.05) is 48.2 Å². The molecule has 2 aromatic carbocycles. The number of nitrogens with one attached hydrogen (secondary N) is 1. The molecule has 0 unspecified atom stereocenters. The van der Waals surface area contributed by atoms with Crippen LogP contribution in [0.15, 0.2) is 58.3 Å². The van der Waals surface area contributed by atoms with E-state index in [0.29, 0.717) is 0 Å². The van der Waals surface area contributed by atoms with Gasteiger partial charge in [-0.2, -0.15) is 0 Å². The first-order valence-corrected chi connectivity index (χ1v) is 6.17. The Labute approximate surface area is 105 Å². The van der Waals surface area contributed by atoms with Crippen LogP contribution in [0.1, 0.15) is 11.1 Å². The summed E-state index contributed by atoms with van der Waals surface area (Å²) in [6.07, 6.45) is 0. The van der Waals surface area contributed by atoms with Gasteiger partial charge in [0, 0.05) is 15.4 Å². The summed E-state index contributed by atoms with van der Waals surface area (Å²) in [6, 6.07) is 15.9. The van der Waals surface area contributed by atoms with Crippen molar-refractivity contribution in [2.45, 2.75) is 16.7 Å². The van der Waals surface area contributed by atoms with E-state index < -0.39 is 0 Å². The second-order valence-corrected chi connectivity index (χ2v) is 4.86. The number of hydrogen-bond acceptors (Lipinski definition) is 2. The van der Waals surface area contributed by atoms with Crippen molar-refractivity contribution in [1.29, 1.82) is 5.41 Å². The van der Waals surface area contributed by atoms with Crippen molar-refractivity contribution in [2.24, 2.45) is 5.73 Å². The number of aryl methyl sites for hydroxylation is 1. The van der Waals surface area contributed by atoms with Crippen LogP contribution in [0.3, 0.4) is 0 Å². The average molecular weight is 242 g/mol. The predicted molar refractivity (Wildman–Crippen MR) is 72.8 cm³/mol. The van der Waals surface area contributed by atoms with Gasteiger partial charge in [-0.3, -0.25) is 5.41 Å². The van der Waals surface area contributed by atoms with Crippen LogP contribution in [0.2, 0.25) is 0 Å². The van der Waals surface area contributed by atoms with Crippen molar-refractivity contribution < 1.29 is 0 Å². The maximum atomic E-state index is 7.56. The Morgan fingerprint density at radius 3 is 2.24 bits per heavy atom. The lowest BCUT2D eigenvalue weighted by molar-refractivity contribution is 1.28. The summed E-state index contributed by atoms with van der Waals surface area (Å²) >= 11 is 1.65. The van der Waals surface area contributed by atoms with Gasteiger partial charge in [0.05, 0.1) is 0 Å². The third kappa shape index (κ3) is 2.68. The Morgan fingerprint density at radius 1 is 1.00 bits per heavy atom. The van der Waals surface area contributed by atoms with Gasteiger partial charge < -0.3 is 5.73 Å². The standard InChI is InChI=1S/C14H14N2S/c1-10-6-2-4-8-12(10)17-13-9-5-3-7-11(13)14(15)16/h2-9H,1H3,(H3,15,16). The maximum absolute atomic E-state index is 7.56. The van der Waals surface area contributed by atoms with E-state index in [1.54, 1.807) is 11.8 Å². The monoisotopic (exact) mass is 242 g/mol. The molecule has 0 aliphatic rings. The van der Waals surface area contributed by atoms with Gasteiger partial charge in [0.1, 0.15) is 5.84 Å². The fraction of sp³-hybridized carbons (Fsp3) is 0.0714. The molecule has 0 aliphatic carbocycles. The number of amidine groups is 1. The Bertz CT molecular complexity index is 549. The van der Waals surface area contributed by atoms with E-state index in [1.165, 1.54) is 10.5 Å². The minimum atomic E-state index is 0.113. The first-order chi connectivity index (χ1) is 8.18. The molecular weight excluding hydrogens is 228 g/mol. The molecule has 17 heavy (non-hydrogen) atoms. The Hall–Kier alpha value is -1.74. The van der Waals surface area contributed by atoms with Crippen LogP contribution in [0.25, 0.3) is 0 Å². The highest BCUT2D eigenvalue weighted by atomic mass is 32.2. The summed E-state index contributed by atoms with van der Waals surface area (Å²) in [5.74, 6) is 0.113. The highest BCUT2D eigenvalue weighted by Gasteiger charge is 2.07. The average Bonchev–Trinajstić information content (AvgIpc) is 2.32. The number of nitrogens with two attached hydrogens (primary N) is 1. The minimum absolute atomic E-state index is 0.113. The maximum Gasteiger partial charge on any atom is 0.123 e. The molecule has 0 radical (unpaired) electrons. The van der Waals surface area contributed by atoms with Crippen molar-refractivity contribution in [3.8, 4) is 0 Å². The zero-order chi connectivity index (χ0) is 12.3. The lowest BCUT2D eigenvalue weighted by Gasteiger charge is -2.09. The molecule has 0 saturated heterocycles. The SMILES string of the molecule is Cc1ccccc1Sc1ccccc1C(=N)N. The number of hydrogen-bond donors (Lipinski definition) is 2. The molecule has 3 N–H and O–H groups in total. The zero-order valence-electron chi connectivity index (χ0n) is 9.60. The molecule has 0 aliphatic heterocycles. The quantitative estimate of drug-likeness (QED) is 0.640. The molecule has 0 amide bonds. The van der Waals surface area contributed by atoms with Crippen molar-refractivity contribution in [3.63, 3.8) is 0 Å². The smallest absolute Gasteiger partial charge is 0.123 e. The Kier molecular flexibility index (Phi) is 3.49. The molecular formula is C14H14N2S. The summed E-state index contributed by atoms with van der Waals surface area (Å²) in [7, 11) is 0. The van der Waals surface area contributed by atoms with E-state index in [-0.39, 0.29) is 5.84 Å². The fourth-order valence-corrected chi connectivity index (χ4v) is 2.61. The first kappa shape index (κ1) is 11.7. The summed E-state index contributed by atoms with van der Waals surface area (Å²) in [4.78, 5) is 2.22. The van der Waals surface area contributed by atoms with Gasteiger partial charge in [-0.25, -0.2) is 0 Å². The van der Waals surface area contributed by atoms with Crippen LogP contribution in [0.5, 0.6) is 0 Å². The van der Waals surface area contributed by atoms with Crippen LogP contribution in [-0.2, 0) is 0 Å². The minimum Gasteiger partial charge on any atom is -0.384 e. The van der Waals surface area contributed by atoms with Gasteiger partial charge in [0.15, 0.2) is 0 Å². The first-order valence-electron chi connectivity index (χ1n) is 5.35. The lowest BCUT2D eigenvalue weighted by Crippen LogP contribution is -2.11. The number of rotatable bonds is 3. The zero-order valence-corrected chi connectivity index (χ0v) is 10.4. The molecule has 0 saturated carbocycles. The normalized spacial score (nSPS) is 10.2. The Morgan fingerprint density at radius 2 is 1.59 bits per heavy atom. The van der Waals surface area contributed by atoms with Gasteiger partial charge in [0.25, 0.3) is 0 Å². The fourth-order valence-electron chi connectivity index (χ4n) is 1.57. The molecule has 0 aromatic heterocycles. The molecule has 0 spiro atoms. The van der Waals surface area contributed by atoms with Crippen LogP contribution in [0.4, 0.5) is 0 Å². The third-order valence-electron chi connectivity index (χ3n) is 2.49. The molecule has 0 bridgehead atoms. The molecule has 86 valence electrons. The number of nitrogen functional groups attached to an aromatic ring is 1. The third-order valence-corrected chi connectivity index (χ3v) is 3.74. The second kappa shape index (κ2) is 5.06. The summed E-state index contributed by atoms with van der Waals surface area (Å²) in [5.41, 5.74) is 7.60. The molecule has 2 nitrogen and oxygen atoms in total. The highest BCUT2D eigenvalue weighted by molar-refractivity contribution is 7.99. The topological polar surface area (TPSA) is 49.9 Å². The summed E-state index contributed by atoms with van der Waals surface area (Å²) < 4.78 is 0. The van der Waals surface area contributed by atoms with Crippen molar-refractivity contribution in [2.75, 3.05) is 0 Å². The van der Waals surface area contributed by atoms with Crippen molar-refractivity contribution in [3.05, 3.63) is 59.7 Å². The van der Waals surface area contributed by atoms with Crippen LogP contribution >= 0.6 is 11.8 Å². The molecule has 0 atom stereocenters. The van der Waals surface area contributed by atoms with Gasteiger partial charge in [0.2, 0.25) is 0 Å². The summed E-state index contributed by atoms with van der Waals surface area (Å²) in [5, 5.41) is 7.56. The van der Waals surface area contributed by atoms with Gasteiger partial charge in [-0.05, 0) is 24.6 Å². The van der Waals surface area contributed by atoms with Crippen LogP contribution < -0.4 is 5.73 Å². The second-order valence-electron chi connectivity index (χ2n) is 3.78. The lowest BCUT2D eigenvalue weighted by atomic mass is 10.2. The van der Waals surface area contributed by atoms with Gasteiger partial charge >= 0.3 is 0 Å². The van der Waals surface area contributed by atoms with E-state index in [1.807, 2.05) is 36.4 Å². The van der Waals surface area contributed by atoms with Crippen molar-refractivity contribution >= 4 is 17.6 Å². The van der Waals surface area contributed by atoms with E-state index in [2.05, 4.69) is 19.1 Å². The molecule has 0 fully saturated rings. The van der Waals surface area contributed by atoms with E-state index >= 15 is 0 Å². The number of benzene rings is 2.